The zero-order valence-corrected chi connectivity index (χ0v) is 18.1. The number of aliphatic hydroxyl groups is 1. The van der Waals surface area contributed by atoms with E-state index < -0.39 is 23.6 Å². The molecular formula is C22H32N2O8. The quantitative estimate of drug-likeness (QED) is 0.605. The topological polar surface area (TPSA) is 121 Å². The Hall–Kier alpha value is -1.82. The van der Waals surface area contributed by atoms with Gasteiger partial charge < -0.3 is 28.8 Å². The Bertz CT molecular complexity index is 869. The smallest absolute Gasteiger partial charge is 0.330 e. The van der Waals surface area contributed by atoms with Crippen LogP contribution in [0.3, 0.4) is 0 Å². The third-order valence-electron chi connectivity index (χ3n) is 5.94. The van der Waals surface area contributed by atoms with Crippen LogP contribution in [0.1, 0.15) is 56.7 Å². The Balaban J connectivity index is 1.49. The average molecular weight is 453 g/mol. The van der Waals surface area contributed by atoms with Crippen molar-refractivity contribution < 1.29 is 28.8 Å². The number of hydrogen-bond acceptors (Lipinski definition) is 8. The van der Waals surface area contributed by atoms with E-state index in [9.17, 15) is 9.59 Å². The molecule has 0 spiro atoms. The number of rotatable bonds is 8. The van der Waals surface area contributed by atoms with Crippen LogP contribution in [0.5, 0.6) is 0 Å². The first-order valence-electron chi connectivity index (χ1n) is 11.4. The summed E-state index contributed by atoms with van der Waals surface area (Å²) < 4.78 is 31.1. The van der Waals surface area contributed by atoms with Crippen molar-refractivity contribution in [2.45, 2.75) is 76.0 Å². The molecule has 10 nitrogen and oxygen atoms in total. The summed E-state index contributed by atoms with van der Waals surface area (Å²) >= 11 is 0. The molecule has 1 aromatic rings. The van der Waals surface area contributed by atoms with E-state index in [4.69, 9.17) is 28.8 Å². The van der Waals surface area contributed by atoms with Crippen LogP contribution < -0.4 is 11.2 Å². The monoisotopic (exact) mass is 452 g/mol. The molecular weight excluding hydrogens is 420 g/mol. The zero-order chi connectivity index (χ0) is 22.3. The number of nitrogens with one attached hydrogen (secondary N) is 1. The van der Waals surface area contributed by atoms with Gasteiger partial charge in [0.25, 0.3) is 5.56 Å². The van der Waals surface area contributed by atoms with E-state index in [2.05, 4.69) is 4.98 Å². The molecule has 0 amide bonds. The lowest BCUT2D eigenvalue weighted by molar-refractivity contribution is -0.216. The van der Waals surface area contributed by atoms with Gasteiger partial charge in [0.05, 0.1) is 24.9 Å². The van der Waals surface area contributed by atoms with E-state index in [0.29, 0.717) is 19.6 Å². The summed E-state index contributed by atoms with van der Waals surface area (Å²) in [6.07, 6.45) is 8.63. The molecule has 0 bridgehead atoms. The first-order valence-corrected chi connectivity index (χ1v) is 11.4. The van der Waals surface area contributed by atoms with Crippen LogP contribution in [0.25, 0.3) is 6.08 Å². The maximum atomic E-state index is 12.5. The lowest BCUT2D eigenvalue weighted by Gasteiger charge is -2.29. The van der Waals surface area contributed by atoms with Gasteiger partial charge in [-0.15, -0.1) is 0 Å². The van der Waals surface area contributed by atoms with Crippen LogP contribution in [0, 0.1) is 0 Å². The molecule has 0 aliphatic carbocycles. The zero-order valence-electron chi connectivity index (χ0n) is 18.1. The largest absolute Gasteiger partial charge is 0.392 e. The van der Waals surface area contributed by atoms with Crippen molar-refractivity contribution in [3.63, 3.8) is 0 Å². The van der Waals surface area contributed by atoms with Gasteiger partial charge in [0.1, 0.15) is 12.3 Å². The van der Waals surface area contributed by atoms with Crippen molar-refractivity contribution in [1.29, 1.82) is 0 Å². The fourth-order valence-electron chi connectivity index (χ4n) is 4.24. The molecule has 4 rings (SSSR count). The van der Waals surface area contributed by atoms with E-state index in [0.717, 1.165) is 38.5 Å². The molecule has 32 heavy (non-hydrogen) atoms. The predicted octanol–water partition coefficient (Wildman–Crippen LogP) is 1.28. The van der Waals surface area contributed by atoms with Gasteiger partial charge in [-0.2, -0.15) is 0 Å². The standard InChI is InChI=1S/C22H32N2O8/c25-9-5-6-15-13-24(22(27)23-21(15)26)18-12-16(32-20-8-2-4-11-29-20)17(31-18)14-30-19-7-1-3-10-28-19/h5-6,13,16-20,25H,1-4,7-12,14H2,(H,23,26,27)/t16-,17+,18+,19?,20?/m0/s1. The number of aromatic amines is 1. The maximum Gasteiger partial charge on any atom is 0.330 e. The number of ether oxygens (including phenoxy) is 5. The Morgan fingerprint density at radius 3 is 2.56 bits per heavy atom. The lowest BCUT2D eigenvalue weighted by Crippen LogP contribution is -2.36. The predicted molar refractivity (Wildman–Crippen MR) is 114 cm³/mol. The van der Waals surface area contributed by atoms with Crippen molar-refractivity contribution in [2.75, 3.05) is 26.4 Å². The van der Waals surface area contributed by atoms with Crippen molar-refractivity contribution in [2.24, 2.45) is 0 Å². The minimum atomic E-state index is -0.630. The fraction of sp³-hybridized carbons (Fsp3) is 0.727. The Kier molecular flexibility index (Phi) is 8.28. The number of nitrogens with zero attached hydrogens (tertiary/aromatic N) is 1. The Morgan fingerprint density at radius 1 is 1.12 bits per heavy atom. The van der Waals surface area contributed by atoms with Crippen molar-refractivity contribution in [3.05, 3.63) is 38.7 Å². The van der Waals surface area contributed by atoms with Crippen molar-refractivity contribution >= 4 is 6.08 Å². The fourth-order valence-corrected chi connectivity index (χ4v) is 4.24. The summed E-state index contributed by atoms with van der Waals surface area (Å²) in [6, 6.07) is 0. The summed E-state index contributed by atoms with van der Waals surface area (Å²) in [5.41, 5.74) is -0.830. The highest BCUT2D eigenvalue weighted by Crippen LogP contribution is 2.33. The summed E-state index contributed by atoms with van der Waals surface area (Å²) in [4.78, 5) is 26.9. The minimum Gasteiger partial charge on any atom is -0.392 e. The highest BCUT2D eigenvalue weighted by Gasteiger charge is 2.40. The molecule has 4 heterocycles. The van der Waals surface area contributed by atoms with Gasteiger partial charge >= 0.3 is 5.69 Å². The highest BCUT2D eigenvalue weighted by atomic mass is 16.7. The van der Waals surface area contributed by atoms with Crippen LogP contribution in [-0.4, -0.2) is 65.9 Å². The van der Waals surface area contributed by atoms with Gasteiger partial charge in [-0.25, -0.2) is 4.79 Å². The second-order valence-corrected chi connectivity index (χ2v) is 8.30. The third kappa shape index (κ3) is 5.94. The molecule has 2 N–H and O–H groups in total. The normalized spacial score (nSPS) is 31.3. The summed E-state index contributed by atoms with van der Waals surface area (Å²) in [5, 5.41) is 9.00. The summed E-state index contributed by atoms with van der Waals surface area (Å²) in [5.74, 6) is 0. The van der Waals surface area contributed by atoms with Crippen molar-refractivity contribution in [3.8, 4) is 0 Å². The van der Waals surface area contributed by atoms with Crippen LogP contribution in [0.2, 0.25) is 0 Å². The first kappa shape index (κ1) is 23.3. The van der Waals surface area contributed by atoms with Gasteiger partial charge in [-0.1, -0.05) is 6.08 Å². The van der Waals surface area contributed by atoms with Crippen LogP contribution >= 0.6 is 0 Å². The van der Waals surface area contributed by atoms with E-state index in [-0.39, 0.29) is 37.5 Å². The molecule has 10 heteroatoms. The second-order valence-electron chi connectivity index (χ2n) is 8.30. The Morgan fingerprint density at radius 2 is 1.88 bits per heavy atom. The molecule has 3 fully saturated rings. The summed E-state index contributed by atoms with van der Waals surface area (Å²) in [7, 11) is 0. The van der Waals surface area contributed by atoms with Gasteiger partial charge in [-0.3, -0.25) is 14.3 Å². The third-order valence-corrected chi connectivity index (χ3v) is 5.94. The molecule has 0 radical (unpaired) electrons. The second kappa shape index (κ2) is 11.4. The molecule has 0 aromatic carbocycles. The van der Waals surface area contributed by atoms with Gasteiger partial charge in [0.2, 0.25) is 0 Å². The lowest BCUT2D eigenvalue weighted by atomic mass is 10.1. The van der Waals surface area contributed by atoms with Gasteiger partial charge in [0.15, 0.2) is 12.6 Å². The molecule has 1 aromatic heterocycles. The molecule has 2 unspecified atom stereocenters. The van der Waals surface area contributed by atoms with Crippen LogP contribution in [-0.2, 0) is 23.7 Å². The van der Waals surface area contributed by atoms with Crippen LogP contribution in [0.15, 0.2) is 21.9 Å². The molecule has 3 aliphatic rings. The van der Waals surface area contributed by atoms with E-state index in [1.165, 1.54) is 22.9 Å². The van der Waals surface area contributed by atoms with E-state index in [1.807, 2.05) is 0 Å². The number of hydrogen-bond donors (Lipinski definition) is 2. The SMILES string of the molecule is O=c1[nH]c(=O)n([C@H]2C[C@H](OC3CCCCO3)[C@@H](COC3CCCCO3)O2)cc1C=CCO. The minimum absolute atomic E-state index is 0.210. The van der Waals surface area contributed by atoms with E-state index >= 15 is 0 Å². The molecule has 5 atom stereocenters. The number of aliphatic hydroxyl groups excluding tert-OH is 1. The number of H-pyrrole nitrogens is 1. The molecule has 3 aliphatic heterocycles. The van der Waals surface area contributed by atoms with Gasteiger partial charge in [-0.05, 0) is 44.6 Å². The average Bonchev–Trinajstić information content (AvgIpc) is 3.20. The van der Waals surface area contributed by atoms with Gasteiger partial charge in [0, 0.05) is 25.8 Å². The highest BCUT2D eigenvalue weighted by molar-refractivity contribution is 5.46. The van der Waals surface area contributed by atoms with Crippen LogP contribution in [0.4, 0.5) is 0 Å². The molecule has 0 saturated carbocycles. The molecule has 3 saturated heterocycles. The van der Waals surface area contributed by atoms with E-state index in [1.54, 1.807) is 0 Å². The first-order chi connectivity index (χ1) is 15.6. The van der Waals surface area contributed by atoms with Crippen molar-refractivity contribution in [1.82, 2.24) is 9.55 Å². The number of aromatic nitrogens is 2. The summed E-state index contributed by atoms with van der Waals surface area (Å²) in [6.45, 7) is 1.41. The maximum absolute atomic E-state index is 12.5. The molecule has 178 valence electrons. The Labute approximate surface area is 186 Å².